The molecule has 1 heterocycles. The van der Waals surface area contributed by atoms with Gasteiger partial charge in [-0.3, -0.25) is 9.69 Å². The van der Waals surface area contributed by atoms with Gasteiger partial charge in [0.15, 0.2) is 0 Å². The molecule has 0 saturated carbocycles. The lowest BCUT2D eigenvalue weighted by atomic mass is 10.2. The molecule has 0 spiro atoms. The third-order valence-corrected chi connectivity index (χ3v) is 4.86. The molecule has 144 valence electrons. The van der Waals surface area contributed by atoms with Gasteiger partial charge in [-0.2, -0.15) is 0 Å². The number of hydrogen-bond donors (Lipinski definition) is 1. The van der Waals surface area contributed by atoms with E-state index in [-0.39, 0.29) is 5.91 Å². The van der Waals surface area contributed by atoms with Gasteiger partial charge in [-0.1, -0.05) is 35.9 Å². The van der Waals surface area contributed by atoms with Gasteiger partial charge in [0.1, 0.15) is 12.4 Å². The molecule has 1 aliphatic heterocycles. The van der Waals surface area contributed by atoms with Gasteiger partial charge < -0.3 is 14.8 Å². The second-order valence-corrected chi connectivity index (χ2v) is 6.88. The minimum absolute atomic E-state index is 0.0832. The smallest absolute Gasteiger partial charge is 0.251 e. The zero-order valence-electron chi connectivity index (χ0n) is 15.3. The van der Waals surface area contributed by atoms with Crippen molar-refractivity contribution < 1.29 is 14.3 Å². The summed E-state index contributed by atoms with van der Waals surface area (Å²) < 4.78 is 11.1. The molecule has 6 heteroatoms. The van der Waals surface area contributed by atoms with Gasteiger partial charge in [0.05, 0.1) is 13.2 Å². The number of ether oxygens (including phenoxy) is 2. The van der Waals surface area contributed by atoms with Crippen LogP contribution in [-0.2, 0) is 11.3 Å². The second-order valence-electron chi connectivity index (χ2n) is 6.47. The standard InChI is InChI=1S/C21H25ClN2O3/c22-20-8-2-1-5-18(20)16-27-19-7-3-6-17(15-19)21(25)23-9-4-10-24-11-13-26-14-12-24/h1-3,5-8,15H,4,9-14,16H2,(H,23,25). The van der Waals surface area contributed by atoms with Crippen molar-refractivity contribution in [3.05, 3.63) is 64.7 Å². The Hall–Kier alpha value is -2.08. The van der Waals surface area contributed by atoms with Gasteiger partial charge in [-0.05, 0) is 37.2 Å². The molecule has 2 aromatic carbocycles. The van der Waals surface area contributed by atoms with Crippen molar-refractivity contribution in [1.29, 1.82) is 0 Å². The zero-order chi connectivity index (χ0) is 18.9. The monoisotopic (exact) mass is 388 g/mol. The molecule has 1 N–H and O–H groups in total. The Labute approximate surface area is 165 Å². The highest BCUT2D eigenvalue weighted by atomic mass is 35.5. The topological polar surface area (TPSA) is 50.8 Å². The molecular formula is C21H25ClN2O3. The largest absolute Gasteiger partial charge is 0.489 e. The highest BCUT2D eigenvalue weighted by Crippen LogP contribution is 2.19. The van der Waals surface area contributed by atoms with Gasteiger partial charge in [0, 0.05) is 35.8 Å². The molecule has 0 aromatic heterocycles. The molecule has 0 atom stereocenters. The maximum atomic E-state index is 12.4. The quantitative estimate of drug-likeness (QED) is 0.704. The third kappa shape index (κ3) is 6.24. The molecule has 1 saturated heterocycles. The van der Waals surface area contributed by atoms with E-state index in [1.54, 1.807) is 12.1 Å². The number of nitrogens with zero attached hydrogens (tertiary/aromatic N) is 1. The van der Waals surface area contributed by atoms with E-state index in [4.69, 9.17) is 21.1 Å². The summed E-state index contributed by atoms with van der Waals surface area (Å²) in [4.78, 5) is 14.7. The normalized spacial score (nSPS) is 14.7. The van der Waals surface area contributed by atoms with Crippen molar-refractivity contribution in [1.82, 2.24) is 10.2 Å². The van der Waals surface area contributed by atoms with E-state index in [9.17, 15) is 4.79 Å². The van der Waals surface area contributed by atoms with E-state index >= 15 is 0 Å². The fraction of sp³-hybridized carbons (Fsp3) is 0.381. The number of amides is 1. The molecule has 1 fully saturated rings. The van der Waals surface area contributed by atoms with Crippen LogP contribution in [0.15, 0.2) is 48.5 Å². The molecule has 0 radical (unpaired) electrons. The van der Waals surface area contributed by atoms with Crippen molar-refractivity contribution in [3.63, 3.8) is 0 Å². The Balaban J connectivity index is 1.44. The predicted molar refractivity (Wildman–Crippen MR) is 106 cm³/mol. The lowest BCUT2D eigenvalue weighted by Gasteiger charge is -2.26. The number of morpholine rings is 1. The summed E-state index contributed by atoms with van der Waals surface area (Å²) in [7, 11) is 0. The van der Waals surface area contributed by atoms with E-state index in [0.29, 0.717) is 29.5 Å². The summed E-state index contributed by atoms with van der Waals surface area (Å²) in [6, 6.07) is 14.8. The van der Waals surface area contributed by atoms with Crippen LogP contribution in [0.1, 0.15) is 22.3 Å². The number of carbonyl (C=O) groups excluding carboxylic acids is 1. The van der Waals surface area contributed by atoms with Gasteiger partial charge in [-0.15, -0.1) is 0 Å². The molecule has 5 nitrogen and oxygen atoms in total. The summed E-state index contributed by atoms with van der Waals surface area (Å²) in [6.07, 6.45) is 0.925. The van der Waals surface area contributed by atoms with Crippen LogP contribution >= 0.6 is 11.6 Å². The van der Waals surface area contributed by atoms with Crippen LogP contribution in [0, 0.1) is 0 Å². The number of carbonyl (C=O) groups is 1. The molecule has 1 amide bonds. The highest BCUT2D eigenvalue weighted by molar-refractivity contribution is 6.31. The SMILES string of the molecule is O=C(NCCCN1CCOCC1)c1cccc(OCc2ccccc2Cl)c1. The fourth-order valence-corrected chi connectivity index (χ4v) is 3.13. The molecular weight excluding hydrogens is 364 g/mol. The summed E-state index contributed by atoms with van der Waals surface area (Å²) >= 11 is 6.14. The minimum atomic E-state index is -0.0832. The summed E-state index contributed by atoms with van der Waals surface area (Å²) in [6.45, 7) is 5.54. The van der Waals surface area contributed by atoms with Gasteiger partial charge in [-0.25, -0.2) is 0 Å². The van der Waals surface area contributed by atoms with Crippen LogP contribution in [0.2, 0.25) is 5.02 Å². The van der Waals surface area contributed by atoms with Crippen LogP contribution in [-0.4, -0.2) is 50.2 Å². The number of rotatable bonds is 8. The maximum absolute atomic E-state index is 12.4. The van der Waals surface area contributed by atoms with Crippen LogP contribution in [0.25, 0.3) is 0 Å². The van der Waals surface area contributed by atoms with Crippen molar-refractivity contribution in [3.8, 4) is 5.75 Å². The second kappa shape index (κ2) is 10.3. The lowest BCUT2D eigenvalue weighted by Crippen LogP contribution is -2.38. The lowest BCUT2D eigenvalue weighted by molar-refractivity contribution is 0.0374. The first-order chi connectivity index (χ1) is 13.2. The molecule has 0 unspecified atom stereocenters. The minimum Gasteiger partial charge on any atom is -0.489 e. The number of halogens is 1. The molecule has 2 aromatic rings. The summed E-state index contributed by atoms with van der Waals surface area (Å²) in [5.74, 6) is 0.566. The van der Waals surface area contributed by atoms with Crippen molar-refractivity contribution in [2.45, 2.75) is 13.0 Å². The van der Waals surface area contributed by atoms with Crippen LogP contribution in [0.5, 0.6) is 5.75 Å². The Morgan fingerprint density at radius 2 is 1.96 bits per heavy atom. The highest BCUT2D eigenvalue weighted by Gasteiger charge is 2.10. The molecule has 3 rings (SSSR count). The van der Waals surface area contributed by atoms with Crippen molar-refractivity contribution in [2.75, 3.05) is 39.4 Å². The number of nitrogens with one attached hydrogen (secondary N) is 1. The Kier molecular flexibility index (Phi) is 7.51. The van der Waals surface area contributed by atoms with Crippen molar-refractivity contribution in [2.24, 2.45) is 0 Å². The van der Waals surface area contributed by atoms with Gasteiger partial charge >= 0.3 is 0 Å². The van der Waals surface area contributed by atoms with Crippen molar-refractivity contribution >= 4 is 17.5 Å². The molecule has 0 bridgehead atoms. The van der Waals surface area contributed by atoms with E-state index in [1.807, 2.05) is 36.4 Å². The van der Waals surface area contributed by atoms with Gasteiger partial charge in [0.25, 0.3) is 5.91 Å². The zero-order valence-corrected chi connectivity index (χ0v) is 16.1. The van der Waals surface area contributed by atoms with E-state index in [0.717, 1.165) is 44.8 Å². The maximum Gasteiger partial charge on any atom is 0.251 e. The molecule has 27 heavy (non-hydrogen) atoms. The van der Waals surface area contributed by atoms with Crippen LogP contribution in [0.4, 0.5) is 0 Å². The first-order valence-electron chi connectivity index (χ1n) is 9.27. The average molecular weight is 389 g/mol. The molecule has 0 aliphatic carbocycles. The van der Waals surface area contributed by atoms with Gasteiger partial charge in [0.2, 0.25) is 0 Å². The number of hydrogen-bond acceptors (Lipinski definition) is 4. The first-order valence-corrected chi connectivity index (χ1v) is 9.65. The Bertz CT molecular complexity index is 748. The number of benzene rings is 2. The van der Waals surface area contributed by atoms with Crippen LogP contribution in [0.3, 0.4) is 0 Å². The first kappa shape index (κ1) is 19.7. The average Bonchev–Trinajstić information content (AvgIpc) is 2.71. The Morgan fingerprint density at radius 1 is 1.15 bits per heavy atom. The van der Waals surface area contributed by atoms with E-state index in [2.05, 4.69) is 10.2 Å². The Morgan fingerprint density at radius 3 is 2.78 bits per heavy atom. The predicted octanol–water partition coefficient (Wildman–Crippen LogP) is 3.37. The molecule has 1 aliphatic rings. The van der Waals surface area contributed by atoms with E-state index < -0.39 is 0 Å². The van der Waals surface area contributed by atoms with E-state index in [1.165, 1.54) is 0 Å². The summed E-state index contributed by atoms with van der Waals surface area (Å²) in [5.41, 5.74) is 1.51. The fourth-order valence-electron chi connectivity index (χ4n) is 2.94. The third-order valence-electron chi connectivity index (χ3n) is 4.49. The van der Waals surface area contributed by atoms with Crippen LogP contribution < -0.4 is 10.1 Å². The summed E-state index contributed by atoms with van der Waals surface area (Å²) in [5, 5.41) is 3.65.